The summed E-state index contributed by atoms with van der Waals surface area (Å²) in [5, 5.41) is 15.5. The molecular weight excluding hydrogens is 407 g/mol. The molecule has 164 valence electrons. The fourth-order valence-electron chi connectivity index (χ4n) is 3.40. The highest BCUT2D eigenvalue weighted by Crippen LogP contribution is 2.36. The number of nitrogens with one attached hydrogen (secondary N) is 3. The fraction of sp³-hybridized carbons (Fsp3) is 0.556. The maximum atomic E-state index is 12.3. The molecule has 2 heterocycles. The van der Waals surface area contributed by atoms with Crippen LogP contribution in [0.4, 0.5) is 23.8 Å². The predicted molar refractivity (Wildman–Crippen MR) is 97.6 cm³/mol. The number of hydrogen-bond acceptors (Lipinski definition) is 6. The molecule has 1 saturated carbocycles. The Morgan fingerprint density at radius 1 is 1.40 bits per heavy atom. The Hall–Kier alpha value is -3.05. The summed E-state index contributed by atoms with van der Waals surface area (Å²) in [6, 6.07) is 2.23. The summed E-state index contributed by atoms with van der Waals surface area (Å²) in [5.74, 6) is 0.102. The van der Waals surface area contributed by atoms with Crippen LogP contribution in [0.2, 0.25) is 0 Å². The minimum Gasteiger partial charge on any atom is -0.446 e. The number of hydrogen-bond donors (Lipinski definition) is 3. The maximum absolute atomic E-state index is 12.3. The molecule has 9 nitrogen and oxygen atoms in total. The molecule has 30 heavy (non-hydrogen) atoms. The number of anilines is 1. The van der Waals surface area contributed by atoms with Gasteiger partial charge >= 0.3 is 12.3 Å². The summed E-state index contributed by atoms with van der Waals surface area (Å²) >= 11 is 0. The first kappa shape index (κ1) is 21.7. The first-order valence-corrected chi connectivity index (χ1v) is 9.46. The Morgan fingerprint density at radius 2 is 2.20 bits per heavy atom. The fourth-order valence-corrected chi connectivity index (χ4v) is 3.40. The van der Waals surface area contributed by atoms with E-state index in [0.717, 1.165) is 5.69 Å². The lowest BCUT2D eigenvalue weighted by Crippen LogP contribution is -2.37. The molecule has 1 aliphatic carbocycles. The number of nitrogens with zero attached hydrogens (tertiary/aromatic N) is 2. The van der Waals surface area contributed by atoms with Gasteiger partial charge in [0.05, 0.1) is 18.5 Å². The molecule has 0 saturated heterocycles. The van der Waals surface area contributed by atoms with E-state index in [2.05, 4.69) is 30.5 Å². The number of carbonyl (C=O) groups is 2. The maximum Gasteiger partial charge on any atom is 0.407 e. The van der Waals surface area contributed by atoms with Gasteiger partial charge in [-0.15, -0.1) is 0 Å². The van der Waals surface area contributed by atoms with Gasteiger partial charge in [0.25, 0.3) is 0 Å². The van der Waals surface area contributed by atoms with Crippen molar-refractivity contribution in [2.24, 2.45) is 0 Å². The van der Waals surface area contributed by atoms with Crippen LogP contribution in [-0.4, -0.2) is 45.7 Å². The van der Waals surface area contributed by atoms with Crippen molar-refractivity contribution in [1.82, 2.24) is 20.7 Å². The van der Waals surface area contributed by atoms with Gasteiger partial charge < -0.3 is 19.9 Å². The molecule has 3 N–H and O–H groups in total. The standard InChI is InChI=1S/C18H22F3N5O4/c1-10(9-18(19,20)21)22-17(28)30-13-3-2-11(6-13)14-8-15(25-24-14)23-16(27)7-12-4-5-29-26-12/h4-5,8,10-11,13H,2-3,6-7,9H2,1H3,(H,22,28)(H2,23,24,25,27)/t10?,11-,13+/m0/s1. The summed E-state index contributed by atoms with van der Waals surface area (Å²) < 4.78 is 46.9. The number of ether oxygens (including phenoxy) is 1. The van der Waals surface area contributed by atoms with E-state index >= 15 is 0 Å². The smallest absolute Gasteiger partial charge is 0.407 e. The molecule has 1 aliphatic rings. The van der Waals surface area contributed by atoms with Gasteiger partial charge in [0.1, 0.15) is 12.4 Å². The van der Waals surface area contributed by atoms with Crippen molar-refractivity contribution in [2.75, 3.05) is 5.32 Å². The van der Waals surface area contributed by atoms with Crippen molar-refractivity contribution >= 4 is 17.8 Å². The molecule has 1 fully saturated rings. The minimum absolute atomic E-state index is 0.0316. The second kappa shape index (κ2) is 9.18. The number of halogens is 3. The largest absolute Gasteiger partial charge is 0.446 e. The number of alkyl carbamates (subject to hydrolysis) is 1. The molecule has 3 atom stereocenters. The van der Waals surface area contributed by atoms with Crippen molar-refractivity contribution in [1.29, 1.82) is 0 Å². The Balaban J connectivity index is 1.44. The topological polar surface area (TPSA) is 122 Å². The van der Waals surface area contributed by atoms with E-state index in [-0.39, 0.29) is 18.2 Å². The van der Waals surface area contributed by atoms with Gasteiger partial charge in [0.2, 0.25) is 5.91 Å². The van der Waals surface area contributed by atoms with E-state index in [9.17, 15) is 22.8 Å². The van der Waals surface area contributed by atoms with E-state index in [4.69, 9.17) is 4.74 Å². The summed E-state index contributed by atoms with van der Waals surface area (Å²) in [6.07, 6.45) is -3.49. The Morgan fingerprint density at radius 3 is 2.90 bits per heavy atom. The van der Waals surface area contributed by atoms with Gasteiger partial charge in [-0.2, -0.15) is 18.3 Å². The monoisotopic (exact) mass is 429 g/mol. The third-order valence-electron chi connectivity index (χ3n) is 4.70. The first-order chi connectivity index (χ1) is 14.2. The van der Waals surface area contributed by atoms with Crippen LogP contribution in [0.25, 0.3) is 0 Å². The highest BCUT2D eigenvalue weighted by atomic mass is 19.4. The third-order valence-corrected chi connectivity index (χ3v) is 4.70. The highest BCUT2D eigenvalue weighted by molar-refractivity contribution is 5.91. The van der Waals surface area contributed by atoms with Gasteiger partial charge in [0.15, 0.2) is 5.82 Å². The van der Waals surface area contributed by atoms with Crippen LogP contribution < -0.4 is 10.6 Å². The molecular formula is C18H22F3N5O4. The van der Waals surface area contributed by atoms with Gasteiger partial charge in [0, 0.05) is 29.8 Å². The number of carbonyl (C=O) groups excluding carboxylic acids is 2. The SMILES string of the molecule is CC(CC(F)(F)F)NC(=O)O[C@@H]1CC[C@H](c2cc(NC(=O)Cc3ccon3)n[nH]2)C1. The molecule has 0 spiro atoms. The van der Waals surface area contributed by atoms with E-state index in [0.29, 0.717) is 30.8 Å². The van der Waals surface area contributed by atoms with Crippen molar-refractivity contribution < 1.29 is 32.0 Å². The number of aromatic amines is 1. The lowest BCUT2D eigenvalue weighted by Gasteiger charge is -2.18. The molecule has 1 unspecified atom stereocenters. The van der Waals surface area contributed by atoms with Crippen LogP contribution in [0.3, 0.4) is 0 Å². The van der Waals surface area contributed by atoms with Crippen molar-refractivity contribution in [3.8, 4) is 0 Å². The number of alkyl halides is 3. The zero-order chi connectivity index (χ0) is 21.7. The van der Waals surface area contributed by atoms with Gasteiger partial charge in [-0.25, -0.2) is 4.79 Å². The average Bonchev–Trinajstić information content (AvgIpc) is 3.34. The Labute approximate surface area is 169 Å². The minimum atomic E-state index is -4.35. The second-order valence-electron chi connectivity index (χ2n) is 7.33. The van der Waals surface area contributed by atoms with Crippen LogP contribution in [0.5, 0.6) is 0 Å². The molecule has 2 aromatic rings. The van der Waals surface area contributed by atoms with Gasteiger partial charge in [-0.1, -0.05) is 5.16 Å². The quantitative estimate of drug-likeness (QED) is 0.621. The number of aromatic nitrogens is 3. The summed E-state index contributed by atoms with van der Waals surface area (Å²) in [5.41, 5.74) is 1.28. The molecule has 3 rings (SSSR count). The van der Waals surface area contributed by atoms with Gasteiger partial charge in [-0.3, -0.25) is 9.89 Å². The number of rotatable bonds is 7. The molecule has 2 amide bonds. The zero-order valence-electron chi connectivity index (χ0n) is 16.2. The van der Waals surface area contributed by atoms with E-state index in [1.807, 2.05) is 0 Å². The van der Waals surface area contributed by atoms with Crippen molar-refractivity contribution in [2.45, 2.75) is 63.3 Å². The van der Waals surface area contributed by atoms with Crippen molar-refractivity contribution in [3.05, 3.63) is 29.8 Å². The van der Waals surface area contributed by atoms with Crippen LogP contribution in [0.15, 0.2) is 22.9 Å². The summed E-state index contributed by atoms with van der Waals surface area (Å²) in [7, 11) is 0. The van der Waals surface area contributed by atoms with E-state index < -0.39 is 30.8 Å². The normalized spacial score (nSPS) is 20.0. The van der Waals surface area contributed by atoms with E-state index in [1.54, 1.807) is 12.1 Å². The predicted octanol–water partition coefficient (Wildman–Crippen LogP) is 3.28. The molecule has 0 bridgehead atoms. The first-order valence-electron chi connectivity index (χ1n) is 9.46. The van der Waals surface area contributed by atoms with E-state index in [1.165, 1.54) is 13.2 Å². The summed E-state index contributed by atoms with van der Waals surface area (Å²) in [4.78, 5) is 23.8. The van der Waals surface area contributed by atoms with Crippen molar-refractivity contribution in [3.63, 3.8) is 0 Å². The number of H-pyrrole nitrogens is 1. The average molecular weight is 429 g/mol. The van der Waals surface area contributed by atoms with Crippen LogP contribution in [0.1, 0.15) is 49.9 Å². The number of amides is 2. The second-order valence-corrected chi connectivity index (χ2v) is 7.33. The molecule has 0 aromatic carbocycles. The van der Waals surface area contributed by atoms with Crippen LogP contribution in [-0.2, 0) is 16.0 Å². The van der Waals surface area contributed by atoms with Crippen LogP contribution >= 0.6 is 0 Å². The third kappa shape index (κ3) is 6.49. The highest BCUT2D eigenvalue weighted by Gasteiger charge is 2.33. The Kier molecular flexibility index (Phi) is 6.63. The molecule has 0 radical (unpaired) electrons. The lowest BCUT2D eigenvalue weighted by molar-refractivity contribution is -0.138. The van der Waals surface area contributed by atoms with Crippen LogP contribution in [0, 0.1) is 0 Å². The molecule has 0 aliphatic heterocycles. The zero-order valence-corrected chi connectivity index (χ0v) is 16.2. The Bertz CT molecular complexity index is 852. The molecule has 2 aromatic heterocycles. The lowest BCUT2D eigenvalue weighted by atomic mass is 10.0. The molecule has 12 heteroatoms. The summed E-state index contributed by atoms with van der Waals surface area (Å²) in [6.45, 7) is 1.27. The van der Waals surface area contributed by atoms with Gasteiger partial charge in [-0.05, 0) is 26.2 Å².